The van der Waals surface area contributed by atoms with E-state index in [9.17, 15) is 9.59 Å². The van der Waals surface area contributed by atoms with Crippen LogP contribution < -0.4 is 4.74 Å². The van der Waals surface area contributed by atoms with Crippen molar-refractivity contribution in [1.29, 1.82) is 0 Å². The van der Waals surface area contributed by atoms with Gasteiger partial charge in [0.05, 0.1) is 6.42 Å². The number of hydrogen-bond donors (Lipinski definition) is 0. The standard InChI is InChI=1S/C22H24O4/c1-3-22(13-6-7-14-22)26-21(24)16(2)15-20(23)25-19-12-8-10-17-9-4-5-11-18(17)19/h4-5,8-12H,2-3,6-7,13-15H2,1H3. The fraction of sp³-hybridized carbons (Fsp3) is 0.364. The van der Waals surface area contributed by atoms with E-state index in [4.69, 9.17) is 9.47 Å². The SMILES string of the molecule is C=C(CC(=O)Oc1cccc2ccccc12)C(=O)OC1(CC)CCCC1. The molecule has 0 radical (unpaired) electrons. The van der Waals surface area contributed by atoms with Gasteiger partial charge in [0, 0.05) is 11.0 Å². The Labute approximate surface area is 153 Å². The van der Waals surface area contributed by atoms with E-state index in [-0.39, 0.29) is 17.6 Å². The average molecular weight is 352 g/mol. The summed E-state index contributed by atoms with van der Waals surface area (Å²) in [6.07, 6.45) is 4.49. The molecule has 0 aliphatic heterocycles. The third kappa shape index (κ3) is 3.96. The second-order valence-electron chi connectivity index (χ2n) is 6.86. The number of esters is 2. The predicted molar refractivity (Wildman–Crippen MR) is 101 cm³/mol. The highest BCUT2D eigenvalue weighted by molar-refractivity contribution is 5.95. The topological polar surface area (TPSA) is 52.6 Å². The van der Waals surface area contributed by atoms with Crippen molar-refractivity contribution < 1.29 is 19.1 Å². The van der Waals surface area contributed by atoms with Gasteiger partial charge < -0.3 is 9.47 Å². The van der Waals surface area contributed by atoms with Gasteiger partial charge in [0.2, 0.25) is 0 Å². The van der Waals surface area contributed by atoms with Gasteiger partial charge >= 0.3 is 11.9 Å². The number of benzene rings is 2. The molecule has 0 spiro atoms. The fourth-order valence-electron chi connectivity index (χ4n) is 3.51. The Morgan fingerprint density at radius 1 is 1.08 bits per heavy atom. The van der Waals surface area contributed by atoms with E-state index in [1.807, 2.05) is 43.3 Å². The van der Waals surface area contributed by atoms with Crippen molar-refractivity contribution in [1.82, 2.24) is 0 Å². The van der Waals surface area contributed by atoms with Crippen LogP contribution in [0.15, 0.2) is 54.6 Å². The van der Waals surface area contributed by atoms with E-state index in [0.29, 0.717) is 5.75 Å². The minimum atomic E-state index is -0.514. The molecule has 26 heavy (non-hydrogen) atoms. The third-order valence-corrected chi connectivity index (χ3v) is 5.09. The van der Waals surface area contributed by atoms with Crippen LogP contribution in [0.4, 0.5) is 0 Å². The highest BCUT2D eigenvalue weighted by atomic mass is 16.6. The Morgan fingerprint density at radius 2 is 1.77 bits per heavy atom. The average Bonchev–Trinajstić information content (AvgIpc) is 3.11. The summed E-state index contributed by atoms with van der Waals surface area (Å²) >= 11 is 0. The van der Waals surface area contributed by atoms with E-state index in [1.165, 1.54) is 0 Å². The molecule has 3 rings (SSSR count). The third-order valence-electron chi connectivity index (χ3n) is 5.09. The largest absolute Gasteiger partial charge is 0.456 e. The molecule has 2 aromatic carbocycles. The Bertz CT molecular complexity index is 826. The van der Waals surface area contributed by atoms with Crippen LogP contribution in [-0.2, 0) is 14.3 Å². The lowest BCUT2D eigenvalue weighted by Crippen LogP contribution is -2.32. The van der Waals surface area contributed by atoms with Crippen molar-refractivity contribution in [2.24, 2.45) is 0 Å². The maximum absolute atomic E-state index is 12.3. The zero-order chi connectivity index (χ0) is 18.6. The molecule has 1 fully saturated rings. The van der Waals surface area contributed by atoms with Gasteiger partial charge in [-0.15, -0.1) is 0 Å². The quantitative estimate of drug-likeness (QED) is 0.419. The van der Waals surface area contributed by atoms with Crippen molar-refractivity contribution >= 4 is 22.7 Å². The van der Waals surface area contributed by atoms with Gasteiger partial charge in [0.25, 0.3) is 0 Å². The lowest BCUT2D eigenvalue weighted by atomic mass is 9.98. The van der Waals surface area contributed by atoms with Crippen molar-refractivity contribution in [3.05, 3.63) is 54.6 Å². The first-order valence-electron chi connectivity index (χ1n) is 9.12. The van der Waals surface area contributed by atoms with Gasteiger partial charge in [0.15, 0.2) is 0 Å². The highest BCUT2D eigenvalue weighted by Crippen LogP contribution is 2.36. The van der Waals surface area contributed by atoms with Crippen LogP contribution in [-0.4, -0.2) is 17.5 Å². The first-order chi connectivity index (χ1) is 12.5. The number of hydrogen-bond acceptors (Lipinski definition) is 4. The zero-order valence-corrected chi connectivity index (χ0v) is 15.1. The molecule has 4 heteroatoms. The summed E-state index contributed by atoms with van der Waals surface area (Å²) in [5.74, 6) is -0.529. The van der Waals surface area contributed by atoms with Crippen LogP contribution in [0.25, 0.3) is 10.8 Å². The van der Waals surface area contributed by atoms with E-state index in [0.717, 1.165) is 42.9 Å². The van der Waals surface area contributed by atoms with Crippen LogP contribution in [0.2, 0.25) is 0 Å². The minimum Gasteiger partial charge on any atom is -0.456 e. The molecule has 0 N–H and O–H groups in total. The van der Waals surface area contributed by atoms with E-state index >= 15 is 0 Å². The summed E-state index contributed by atoms with van der Waals surface area (Å²) in [6.45, 7) is 5.75. The van der Waals surface area contributed by atoms with Gasteiger partial charge in [-0.3, -0.25) is 4.79 Å². The number of carbonyl (C=O) groups is 2. The Kier molecular flexibility index (Phi) is 5.40. The Morgan fingerprint density at radius 3 is 2.50 bits per heavy atom. The lowest BCUT2D eigenvalue weighted by Gasteiger charge is -2.27. The summed E-state index contributed by atoms with van der Waals surface area (Å²) in [5.41, 5.74) is -0.255. The molecular weight excluding hydrogens is 328 g/mol. The van der Waals surface area contributed by atoms with Crippen LogP contribution in [0, 0.1) is 0 Å². The van der Waals surface area contributed by atoms with E-state index in [1.54, 1.807) is 6.07 Å². The molecule has 1 aliphatic rings. The summed E-state index contributed by atoms with van der Waals surface area (Å²) in [7, 11) is 0. The minimum absolute atomic E-state index is 0.134. The van der Waals surface area contributed by atoms with Gasteiger partial charge in [0.1, 0.15) is 11.4 Å². The summed E-state index contributed by atoms with van der Waals surface area (Å²) in [4.78, 5) is 24.6. The van der Waals surface area contributed by atoms with Gasteiger partial charge in [-0.2, -0.15) is 0 Å². The van der Waals surface area contributed by atoms with Crippen LogP contribution in [0.1, 0.15) is 45.4 Å². The zero-order valence-electron chi connectivity index (χ0n) is 15.1. The molecule has 136 valence electrons. The van der Waals surface area contributed by atoms with Crippen molar-refractivity contribution in [2.45, 2.75) is 51.0 Å². The predicted octanol–water partition coefficient (Wildman–Crippen LogP) is 4.96. The molecule has 1 saturated carbocycles. The van der Waals surface area contributed by atoms with Gasteiger partial charge in [-0.1, -0.05) is 49.9 Å². The smallest absolute Gasteiger partial charge is 0.334 e. The number of rotatable bonds is 6. The second-order valence-corrected chi connectivity index (χ2v) is 6.86. The number of fused-ring (bicyclic) bond motifs is 1. The first kappa shape index (κ1) is 18.2. The first-order valence-corrected chi connectivity index (χ1v) is 9.12. The molecule has 0 aromatic heterocycles. The van der Waals surface area contributed by atoms with Crippen LogP contribution in [0.5, 0.6) is 5.75 Å². The maximum Gasteiger partial charge on any atom is 0.334 e. The van der Waals surface area contributed by atoms with Crippen molar-refractivity contribution in [3.63, 3.8) is 0 Å². The van der Waals surface area contributed by atoms with Crippen LogP contribution >= 0.6 is 0 Å². The van der Waals surface area contributed by atoms with E-state index < -0.39 is 11.9 Å². The monoisotopic (exact) mass is 352 g/mol. The fourth-order valence-corrected chi connectivity index (χ4v) is 3.51. The maximum atomic E-state index is 12.3. The normalized spacial score (nSPS) is 15.6. The van der Waals surface area contributed by atoms with Crippen LogP contribution in [0.3, 0.4) is 0 Å². The molecule has 0 bridgehead atoms. The highest BCUT2D eigenvalue weighted by Gasteiger charge is 2.36. The molecule has 2 aromatic rings. The number of ether oxygens (including phenoxy) is 2. The van der Waals surface area contributed by atoms with E-state index in [2.05, 4.69) is 6.58 Å². The molecule has 0 saturated heterocycles. The summed E-state index contributed by atoms with van der Waals surface area (Å²) < 4.78 is 11.1. The molecule has 0 heterocycles. The summed E-state index contributed by atoms with van der Waals surface area (Å²) in [5, 5.41) is 1.84. The van der Waals surface area contributed by atoms with Crippen molar-refractivity contribution in [3.8, 4) is 5.75 Å². The van der Waals surface area contributed by atoms with Crippen molar-refractivity contribution in [2.75, 3.05) is 0 Å². The Balaban J connectivity index is 1.62. The molecule has 1 aliphatic carbocycles. The summed E-state index contributed by atoms with van der Waals surface area (Å²) in [6, 6.07) is 13.2. The lowest BCUT2D eigenvalue weighted by molar-refractivity contribution is -0.155. The Hall–Kier alpha value is -2.62. The molecular formula is C22H24O4. The van der Waals surface area contributed by atoms with Gasteiger partial charge in [-0.05, 0) is 43.6 Å². The molecule has 0 atom stereocenters. The number of carbonyl (C=O) groups excluding carboxylic acids is 2. The molecule has 4 nitrogen and oxygen atoms in total. The van der Waals surface area contributed by atoms with Gasteiger partial charge in [-0.25, -0.2) is 4.79 Å². The second kappa shape index (κ2) is 7.73. The molecule has 0 unspecified atom stereocenters. The molecule has 0 amide bonds.